The molecule has 0 aromatic heterocycles. The molecule has 1 aliphatic rings. The van der Waals surface area contributed by atoms with E-state index in [1.165, 1.54) is 24.3 Å². The molecule has 7 nitrogen and oxygen atoms in total. The summed E-state index contributed by atoms with van der Waals surface area (Å²) in [6.45, 7) is 3.37. The minimum atomic E-state index is -1.15. The van der Waals surface area contributed by atoms with Crippen molar-refractivity contribution in [3.63, 3.8) is 0 Å². The summed E-state index contributed by atoms with van der Waals surface area (Å²) in [5.41, 5.74) is 0.126. The van der Waals surface area contributed by atoms with Crippen LogP contribution in [0.3, 0.4) is 0 Å². The highest BCUT2D eigenvalue weighted by molar-refractivity contribution is 8.26. The molecule has 2 rings (SSSR count). The third-order valence-corrected chi connectivity index (χ3v) is 4.74. The zero-order valence-electron chi connectivity index (χ0n) is 12.8. The molecule has 1 aromatic carbocycles. The Bertz CT molecular complexity index is 760. The highest BCUT2D eigenvalue weighted by Gasteiger charge is 2.42. The number of benzene rings is 1. The maximum Gasteiger partial charge on any atom is 0.327 e. The monoisotopic (exact) mass is 366 g/mol. The van der Waals surface area contributed by atoms with Gasteiger partial charge < -0.3 is 5.11 Å². The highest BCUT2D eigenvalue weighted by Crippen LogP contribution is 2.36. The first kappa shape index (κ1) is 18.1. The van der Waals surface area contributed by atoms with Crippen LogP contribution in [-0.2, 0) is 9.59 Å². The molecule has 1 atom stereocenters. The number of hydrogen-bond acceptors (Lipinski definition) is 6. The highest BCUT2D eigenvalue weighted by atomic mass is 32.2. The molecule has 0 radical (unpaired) electrons. The fourth-order valence-electron chi connectivity index (χ4n) is 2.33. The Morgan fingerprint density at radius 3 is 2.58 bits per heavy atom. The molecule has 1 saturated heterocycles. The van der Waals surface area contributed by atoms with E-state index in [0.29, 0.717) is 0 Å². The van der Waals surface area contributed by atoms with Crippen molar-refractivity contribution in [2.45, 2.75) is 19.9 Å². The van der Waals surface area contributed by atoms with Gasteiger partial charge in [0.25, 0.3) is 11.6 Å². The Labute approximate surface area is 147 Å². The SMILES string of the molecule is CC(C)C(C(=O)O)N1C(=O)/C(=C/c2ccccc2[N+](=O)[O-])SC1=S. The number of carboxylic acid groups (broad SMARTS) is 1. The largest absolute Gasteiger partial charge is 0.480 e. The second-order valence-corrected chi connectivity index (χ2v) is 7.07. The van der Waals surface area contributed by atoms with Gasteiger partial charge in [-0.2, -0.15) is 0 Å². The molecule has 0 saturated carbocycles. The Kier molecular flexibility index (Phi) is 5.35. The normalized spacial score (nSPS) is 17.6. The van der Waals surface area contributed by atoms with Crippen LogP contribution in [-0.4, -0.2) is 37.2 Å². The third kappa shape index (κ3) is 3.46. The van der Waals surface area contributed by atoms with Crippen LogP contribution in [0.4, 0.5) is 5.69 Å². The van der Waals surface area contributed by atoms with Gasteiger partial charge in [0, 0.05) is 6.07 Å². The molecule has 0 aliphatic carbocycles. The lowest BCUT2D eigenvalue weighted by Gasteiger charge is -2.26. The fraction of sp³-hybridized carbons (Fsp3) is 0.267. The van der Waals surface area contributed by atoms with Crippen molar-refractivity contribution in [1.29, 1.82) is 0 Å². The number of carbonyl (C=O) groups is 2. The maximum atomic E-state index is 12.6. The van der Waals surface area contributed by atoms with Crippen LogP contribution in [0.2, 0.25) is 0 Å². The summed E-state index contributed by atoms with van der Waals surface area (Å²) in [4.78, 5) is 35.8. The van der Waals surface area contributed by atoms with E-state index in [9.17, 15) is 24.8 Å². The molecule has 0 spiro atoms. The predicted octanol–water partition coefficient (Wildman–Crippen LogP) is 2.91. The van der Waals surface area contributed by atoms with Gasteiger partial charge in [-0.05, 0) is 18.1 Å². The number of para-hydroxylation sites is 1. The van der Waals surface area contributed by atoms with Crippen molar-refractivity contribution in [2.75, 3.05) is 0 Å². The van der Waals surface area contributed by atoms with Crippen LogP contribution in [0.15, 0.2) is 29.2 Å². The number of carbonyl (C=O) groups excluding carboxylic acids is 1. The van der Waals surface area contributed by atoms with E-state index in [0.717, 1.165) is 16.7 Å². The molecule has 1 aromatic rings. The van der Waals surface area contributed by atoms with Crippen LogP contribution < -0.4 is 0 Å². The smallest absolute Gasteiger partial charge is 0.327 e. The van der Waals surface area contributed by atoms with Gasteiger partial charge in [0.05, 0.1) is 15.4 Å². The lowest BCUT2D eigenvalue weighted by atomic mass is 10.0. The van der Waals surface area contributed by atoms with Crippen molar-refractivity contribution in [3.8, 4) is 0 Å². The third-order valence-electron chi connectivity index (χ3n) is 3.41. The van der Waals surface area contributed by atoms with E-state index in [-0.39, 0.29) is 26.4 Å². The number of carboxylic acids is 1. The van der Waals surface area contributed by atoms with E-state index in [1.54, 1.807) is 19.9 Å². The van der Waals surface area contributed by atoms with E-state index < -0.39 is 22.8 Å². The molecule has 1 unspecified atom stereocenters. The van der Waals surface area contributed by atoms with Crippen molar-refractivity contribution < 1.29 is 19.6 Å². The molecular weight excluding hydrogens is 352 g/mol. The van der Waals surface area contributed by atoms with Gasteiger partial charge in [-0.15, -0.1) is 0 Å². The number of thioether (sulfide) groups is 1. The molecule has 24 heavy (non-hydrogen) atoms. The van der Waals surface area contributed by atoms with Crippen LogP contribution >= 0.6 is 24.0 Å². The lowest BCUT2D eigenvalue weighted by molar-refractivity contribution is -0.385. The van der Waals surface area contributed by atoms with Gasteiger partial charge in [-0.3, -0.25) is 19.8 Å². The Morgan fingerprint density at radius 1 is 1.42 bits per heavy atom. The van der Waals surface area contributed by atoms with Crippen molar-refractivity contribution in [3.05, 3.63) is 44.8 Å². The van der Waals surface area contributed by atoms with E-state index in [2.05, 4.69) is 0 Å². The van der Waals surface area contributed by atoms with Gasteiger partial charge >= 0.3 is 5.97 Å². The second kappa shape index (κ2) is 7.10. The first-order chi connectivity index (χ1) is 11.2. The number of nitrogens with zero attached hydrogens (tertiary/aromatic N) is 2. The molecule has 0 bridgehead atoms. The van der Waals surface area contributed by atoms with Crippen LogP contribution in [0.1, 0.15) is 19.4 Å². The van der Waals surface area contributed by atoms with Gasteiger partial charge in [0.1, 0.15) is 10.4 Å². The number of nitro groups is 1. The predicted molar refractivity (Wildman–Crippen MR) is 94.4 cm³/mol. The summed E-state index contributed by atoms with van der Waals surface area (Å²) in [5.74, 6) is -2.03. The number of thiocarbonyl (C=S) groups is 1. The van der Waals surface area contributed by atoms with Crippen molar-refractivity contribution in [2.24, 2.45) is 5.92 Å². The van der Waals surface area contributed by atoms with Crippen LogP contribution in [0.25, 0.3) is 6.08 Å². The number of rotatable bonds is 5. The number of amides is 1. The molecule has 1 heterocycles. The zero-order valence-corrected chi connectivity index (χ0v) is 14.5. The van der Waals surface area contributed by atoms with Crippen LogP contribution in [0, 0.1) is 16.0 Å². The Morgan fingerprint density at radius 2 is 2.04 bits per heavy atom. The number of hydrogen-bond donors (Lipinski definition) is 1. The van der Waals surface area contributed by atoms with E-state index in [1.807, 2.05) is 0 Å². The summed E-state index contributed by atoms with van der Waals surface area (Å²) in [6, 6.07) is 4.92. The quantitative estimate of drug-likeness (QED) is 0.370. The first-order valence-corrected chi connectivity index (χ1v) is 8.19. The molecule has 1 aliphatic heterocycles. The molecule has 1 N–H and O–H groups in total. The standard InChI is InChI=1S/C15H14N2O5S2/c1-8(2)12(14(19)20)16-13(18)11(24-15(16)23)7-9-5-3-4-6-10(9)17(21)22/h3-8,12H,1-2H3,(H,19,20)/b11-7-. The van der Waals surface area contributed by atoms with Crippen LogP contribution in [0.5, 0.6) is 0 Å². The molecule has 1 amide bonds. The topological polar surface area (TPSA) is 101 Å². The summed E-state index contributed by atoms with van der Waals surface area (Å²) in [5, 5.41) is 20.4. The second-order valence-electron chi connectivity index (χ2n) is 5.39. The van der Waals surface area contributed by atoms with Gasteiger partial charge in [0.15, 0.2) is 0 Å². The maximum absolute atomic E-state index is 12.6. The minimum absolute atomic E-state index is 0.130. The number of nitro benzene ring substituents is 1. The van der Waals surface area contributed by atoms with Crippen molar-refractivity contribution in [1.82, 2.24) is 4.90 Å². The van der Waals surface area contributed by atoms with Gasteiger partial charge in [-0.1, -0.05) is 50.0 Å². The first-order valence-electron chi connectivity index (χ1n) is 6.97. The fourth-order valence-corrected chi connectivity index (χ4v) is 3.65. The van der Waals surface area contributed by atoms with E-state index in [4.69, 9.17) is 12.2 Å². The molecular formula is C15H14N2O5S2. The summed E-state index contributed by atoms with van der Waals surface area (Å²) in [7, 11) is 0. The lowest BCUT2D eigenvalue weighted by Crippen LogP contribution is -2.47. The summed E-state index contributed by atoms with van der Waals surface area (Å²) < 4.78 is 0.130. The van der Waals surface area contributed by atoms with Gasteiger partial charge in [-0.25, -0.2) is 4.79 Å². The average molecular weight is 366 g/mol. The van der Waals surface area contributed by atoms with Crippen molar-refractivity contribution >= 4 is 51.9 Å². The summed E-state index contributed by atoms with van der Waals surface area (Å²) in [6.07, 6.45) is 1.37. The Balaban J connectivity index is 2.42. The van der Waals surface area contributed by atoms with Gasteiger partial charge in [0.2, 0.25) is 0 Å². The molecule has 1 fully saturated rings. The minimum Gasteiger partial charge on any atom is -0.480 e. The average Bonchev–Trinajstić information content (AvgIpc) is 2.75. The molecule has 9 heteroatoms. The Hall–Kier alpha value is -2.26. The van der Waals surface area contributed by atoms with E-state index >= 15 is 0 Å². The molecule has 126 valence electrons. The summed E-state index contributed by atoms with van der Waals surface area (Å²) >= 11 is 6.08. The zero-order chi connectivity index (χ0) is 18.0. The number of aliphatic carboxylic acids is 1.